The molecule has 0 spiro atoms. The van der Waals surface area contributed by atoms with E-state index in [9.17, 15) is 0 Å². The third-order valence-electron chi connectivity index (χ3n) is 3.05. The molecule has 0 heterocycles. The van der Waals surface area contributed by atoms with Crippen molar-refractivity contribution in [3.8, 4) is 11.1 Å². The third-order valence-corrected chi connectivity index (χ3v) is 4.89. The van der Waals surface area contributed by atoms with Crippen LogP contribution in [-0.4, -0.2) is 0 Å². The molecule has 0 aromatic heterocycles. The number of hydrogen-bond donors (Lipinski definition) is 0. The van der Waals surface area contributed by atoms with Crippen molar-refractivity contribution in [2.75, 3.05) is 0 Å². The SMILES string of the molecule is Brc1ccc(Br)c(-c2cc3ccccc3cc2Br)c1. The lowest BCUT2D eigenvalue weighted by atomic mass is 10.0. The zero-order valence-electron chi connectivity index (χ0n) is 9.83. The molecule has 0 fully saturated rings. The molecule has 3 aromatic rings. The van der Waals surface area contributed by atoms with E-state index < -0.39 is 0 Å². The molecule has 0 aliphatic carbocycles. The first-order chi connectivity index (χ1) is 9.15. The van der Waals surface area contributed by atoms with E-state index in [-0.39, 0.29) is 0 Å². The minimum atomic E-state index is 1.07. The van der Waals surface area contributed by atoms with E-state index in [4.69, 9.17) is 0 Å². The quantitative estimate of drug-likeness (QED) is 0.390. The van der Waals surface area contributed by atoms with E-state index in [0.717, 1.165) is 13.4 Å². The van der Waals surface area contributed by atoms with Crippen molar-refractivity contribution in [3.63, 3.8) is 0 Å². The molecule has 0 radical (unpaired) electrons. The largest absolute Gasteiger partial charge is 0.0616 e. The van der Waals surface area contributed by atoms with E-state index in [1.165, 1.54) is 21.9 Å². The van der Waals surface area contributed by atoms with Crippen molar-refractivity contribution in [2.24, 2.45) is 0 Å². The molecule has 3 heteroatoms. The maximum atomic E-state index is 3.68. The fraction of sp³-hybridized carbons (Fsp3) is 0. The first kappa shape index (κ1) is 13.3. The molecule has 0 aliphatic heterocycles. The zero-order valence-corrected chi connectivity index (χ0v) is 14.6. The van der Waals surface area contributed by atoms with Crippen molar-refractivity contribution in [1.82, 2.24) is 0 Å². The first-order valence-electron chi connectivity index (χ1n) is 5.79. The zero-order chi connectivity index (χ0) is 13.4. The van der Waals surface area contributed by atoms with Crippen LogP contribution in [0.2, 0.25) is 0 Å². The summed E-state index contributed by atoms with van der Waals surface area (Å²) in [5.41, 5.74) is 2.36. The lowest BCUT2D eigenvalue weighted by Gasteiger charge is -2.10. The van der Waals surface area contributed by atoms with Gasteiger partial charge in [-0.25, -0.2) is 0 Å². The predicted octanol–water partition coefficient (Wildman–Crippen LogP) is 6.79. The van der Waals surface area contributed by atoms with Gasteiger partial charge >= 0.3 is 0 Å². The van der Waals surface area contributed by atoms with Gasteiger partial charge in [0, 0.05) is 13.4 Å². The molecule has 0 amide bonds. The van der Waals surface area contributed by atoms with E-state index in [0.29, 0.717) is 0 Å². The first-order valence-corrected chi connectivity index (χ1v) is 8.17. The number of hydrogen-bond acceptors (Lipinski definition) is 0. The summed E-state index contributed by atoms with van der Waals surface area (Å²) in [4.78, 5) is 0. The Morgan fingerprint density at radius 2 is 1.21 bits per heavy atom. The highest BCUT2D eigenvalue weighted by Crippen LogP contribution is 2.37. The van der Waals surface area contributed by atoms with Crippen LogP contribution in [-0.2, 0) is 0 Å². The summed E-state index contributed by atoms with van der Waals surface area (Å²) < 4.78 is 3.27. The van der Waals surface area contributed by atoms with Crippen molar-refractivity contribution in [2.45, 2.75) is 0 Å². The number of benzene rings is 3. The van der Waals surface area contributed by atoms with Gasteiger partial charge in [-0.2, -0.15) is 0 Å². The average Bonchev–Trinajstić information content (AvgIpc) is 2.41. The van der Waals surface area contributed by atoms with E-state index in [2.05, 4.69) is 96.3 Å². The van der Waals surface area contributed by atoms with Gasteiger partial charge in [-0.15, -0.1) is 0 Å². The van der Waals surface area contributed by atoms with E-state index >= 15 is 0 Å². The van der Waals surface area contributed by atoms with Crippen LogP contribution in [0.1, 0.15) is 0 Å². The molecular formula is C16H9Br3. The Morgan fingerprint density at radius 1 is 0.579 bits per heavy atom. The Morgan fingerprint density at radius 3 is 1.95 bits per heavy atom. The fourth-order valence-corrected chi connectivity index (χ4v) is 3.52. The van der Waals surface area contributed by atoms with Gasteiger partial charge in [0.1, 0.15) is 0 Å². The second kappa shape index (κ2) is 5.39. The van der Waals surface area contributed by atoms with Gasteiger partial charge in [0.2, 0.25) is 0 Å². The van der Waals surface area contributed by atoms with Crippen LogP contribution in [0, 0.1) is 0 Å². The monoisotopic (exact) mass is 438 g/mol. The molecule has 19 heavy (non-hydrogen) atoms. The minimum absolute atomic E-state index is 1.07. The molecular weight excluding hydrogens is 432 g/mol. The maximum Gasteiger partial charge on any atom is 0.0260 e. The highest BCUT2D eigenvalue weighted by atomic mass is 79.9. The highest BCUT2D eigenvalue weighted by molar-refractivity contribution is 9.11. The molecule has 0 bridgehead atoms. The Hall–Kier alpha value is -0.640. The lowest BCUT2D eigenvalue weighted by Crippen LogP contribution is -1.84. The van der Waals surface area contributed by atoms with E-state index in [1.807, 2.05) is 6.07 Å². The van der Waals surface area contributed by atoms with Crippen LogP contribution < -0.4 is 0 Å². The van der Waals surface area contributed by atoms with Crippen LogP contribution in [0.3, 0.4) is 0 Å². The third kappa shape index (κ3) is 2.64. The molecule has 0 saturated heterocycles. The van der Waals surface area contributed by atoms with Gasteiger partial charge in [-0.3, -0.25) is 0 Å². The predicted molar refractivity (Wildman–Crippen MR) is 92.5 cm³/mol. The van der Waals surface area contributed by atoms with Gasteiger partial charge in [0.15, 0.2) is 0 Å². The second-order valence-electron chi connectivity index (χ2n) is 4.30. The maximum absolute atomic E-state index is 3.68. The molecule has 0 atom stereocenters. The van der Waals surface area contributed by atoms with Crippen LogP contribution >= 0.6 is 47.8 Å². The van der Waals surface area contributed by atoms with Crippen molar-refractivity contribution < 1.29 is 0 Å². The van der Waals surface area contributed by atoms with Crippen LogP contribution in [0.4, 0.5) is 0 Å². The normalized spacial score (nSPS) is 10.9. The van der Waals surface area contributed by atoms with Gasteiger partial charge in [-0.05, 0) is 52.2 Å². The van der Waals surface area contributed by atoms with Gasteiger partial charge in [-0.1, -0.05) is 72.1 Å². The van der Waals surface area contributed by atoms with Gasteiger partial charge in [0.25, 0.3) is 0 Å². The number of halogens is 3. The topological polar surface area (TPSA) is 0 Å². The number of fused-ring (bicyclic) bond motifs is 1. The van der Waals surface area contributed by atoms with Crippen LogP contribution in [0.15, 0.2) is 68.0 Å². The summed E-state index contributed by atoms with van der Waals surface area (Å²) in [7, 11) is 0. The Bertz CT molecular complexity index is 763. The smallest absolute Gasteiger partial charge is 0.0260 e. The minimum Gasteiger partial charge on any atom is -0.0616 e. The van der Waals surface area contributed by atoms with Gasteiger partial charge in [0.05, 0.1) is 0 Å². The molecule has 0 saturated carbocycles. The number of rotatable bonds is 1. The lowest BCUT2D eigenvalue weighted by molar-refractivity contribution is 1.55. The molecule has 3 rings (SSSR count). The van der Waals surface area contributed by atoms with Crippen molar-refractivity contribution >= 4 is 58.6 Å². The van der Waals surface area contributed by atoms with Crippen molar-refractivity contribution in [3.05, 3.63) is 68.0 Å². The van der Waals surface area contributed by atoms with Gasteiger partial charge < -0.3 is 0 Å². The Balaban J connectivity index is 2.30. The van der Waals surface area contributed by atoms with Crippen molar-refractivity contribution in [1.29, 1.82) is 0 Å². The Labute approximate surface area is 137 Å². The summed E-state index contributed by atoms with van der Waals surface area (Å²) in [6, 6.07) is 19.0. The van der Waals surface area contributed by atoms with Crippen LogP contribution in [0.5, 0.6) is 0 Å². The average molecular weight is 441 g/mol. The van der Waals surface area contributed by atoms with E-state index in [1.54, 1.807) is 0 Å². The molecule has 0 aliphatic rings. The summed E-state index contributed by atoms with van der Waals surface area (Å²) in [5, 5.41) is 2.48. The fourth-order valence-electron chi connectivity index (χ4n) is 2.12. The molecule has 0 nitrogen and oxygen atoms in total. The molecule has 94 valence electrons. The summed E-state index contributed by atoms with van der Waals surface area (Å²) in [5.74, 6) is 0. The van der Waals surface area contributed by atoms with Crippen LogP contribution in [0.25, 0.3) is 21.9 Å². The molecule has 3 aromatic carbocycles. The standard InChI is InChI=1S/C16H9Br3/c17-12-5-6-15(18)14(9-12)13-7-10-3-1-2-4-11(10)8-16(13)19/h1-9H. The molecule has 0 unspecified atom stereocenters. The Kier molecular flexibility index (Phi) is 3.79. The summed E-state index contributed by atoms with van der Waals surface area (Å²) in [6.45, 7) is 0. The molecule has 0 N–H and O–H groups in total. The highest BCUT2D eigenvalue weighted by Gasteiger charge is 2.09. The second-order valence-corrected chi connectivity index (χ2v) is 6.93. The summed E-state index contributed by atoms with van der Waals surface area (Å²) in [6.07, 6.45) is 0. The summed E-state index contributed by atoms with van der Waals surface area (Å²) >= 11 is 10.8.